The lowest BCUT2D eigenvalue weighted by atomic mass is 9.96. The summed E-state index contributed by atoms with van der Waals surface area (Å²) in [6, 6.07) is 39.2. The first-order valence-electron chi connectivity index (χ1n) is 15.4. The maximum absolute atomic E-state index is 5.32. The second-order valence-electron chi connectivity index (χ2n) is 11.7. The van der Waals surface area contributed by atoms with Crippen LogP contribution < -0.4 is 0 Å². The maximum Gasteiger partial charge on any atom is 0.133 e. The number of para-hydroxylation sites is 3. The van der Waals surface area contributed by atoms with Crippen LogP contribution in [0.1, 0.15) is 36.6 Å². The van der Waals surface area contributed by atoms with Crippen molar-refractivity contribution in [2.24, 2.45) is 4.99 Å². The molecule has 0 amide bonds. The van der Waals surface area contributed by atoms with E-state index in [9.17, 15) is 0 Å². The van der Waals surface area contributed by atoms with Crippen molar-refractivity contribution in [3.05, 3.63) is 151 Å². The van der Waals surface area contributed by atoms with Crippen LogP contribution >= 0.6 is 0 Å². The first-order chi connectivity index (χ1) is 21.8. The molecule has 0 saturated carbocycles. The molecule has 1 atom stereocenters. The van der Waals surface area contributed by atoms with E-state index in [0.29, 0.717) is 5.92 Å². The highest BCUT2D eigenvalue weighted by Crippen LogP contribution is 2.42. The van der Waals surface area contributed by atoms with Crippen molar-refractivity contribution in [1.29, 1.82) is 0 Å². The number of rotatable bonds is 4. The van der Waals surface area contributed by atoms with Crippen LogP contribution in [0, 0.1) is 0 Å². The first-order valence-corrected chi connectivity index (χ1v) is 15.4. The van der Waals surface area contributed by atoms with Gasteiger partial charge in [0.25, 0.3) is 0 Å². The molecule has 3 aromatic heterocycles. The molecule has 0 fully saturated rings. The van der Waals surface area contributed by atoms with E-state index in [1.165, 1.54) is 49.3 Å². The van der Waals surface area contributed by atoms with E-state index in [-0.39, 0.29) is 0 Å². The van der Waals surface area contributed by atoms with Crippen LogP contribution in [0.3, 0.4) is 0 Å². The van der Waals surface area contributed by atoms with Gasteiger partial charge in [-0.05, 0) is 73.9 Å². The lowest BCUT2D eigenvalue weighted by molar-refractivity contribution is 0.813. The average molecular weight is 567 g/mol. The average Bonchev–Trinajstić information content (AvgIpc) is 3.62. The Morgan fingerprint density at radius 3 is 2.07 bits per heavy atom. The van der Waals surface area contributed by atoms with Crippen LogP contribution in [0.2, 0.25) is 0 Å². The van der Waals surface area contributed by atoms with Gasteiger partial charge in [-0.2, -0.15) is 0 Å². The van der Waals surface area contributed by atoms with Crippen molar-refractivity contribution >= 4 is 55.1 Å². The molecular formula is C40H30N4. The van der Waals surface area contributed by atoms with Gasteiger partial charge < -0.3 is 4.57 Å². The van der Waals surface area contributed by atoms with Crippen molar-refractivity contribution in [2.45, 2.75) is 25.2 Å². The molecule has 7 aromatic rings. The summed E-state index contributed by atoms with van der Waals surface area (Å²) in [6.45, 7) is 0. The Labute approximate surface area is 255 Å². The van der Waals surface area contributed by atoms with Crippen LogP contribution in [0.25, 0.3) is 55.1 Å². The second-order valence-corrected chi connectivity index (χ2v) is 11.7. The summed E-state index contributed by atoms with van der Waals surface area (Å²) in [5.74, 6) is 1.29. The third-order valence-electron chi connectivity index (χ3n) is 9.10. The molecule has 0 radical (unpaired) electrons. The van der Waals surface area contributed by atoms with Crippen molar-refractivity contribution in [3.8, 4) is 5.69 Å². The minimum absolute atomic E-state index is 0.317. The minimum atomic E-state index is 0.317. The van der Waals surface area contributed by atoms with E-state index in [1.807, 2.05) is 0 Å². The Kier molecular flexibility index (Phi) is 5.73. The Morgan fingerprint density at radius 2 is 1.32 bits per heavy atom. The number of aliphatic imine (C=N–C) groups is 1. The van der Waals surface area contributed by atoms with Crippen LogP contribution in [0.15, 0.2) is 145 Å². The Balaban J connectivity index is 1.26. The van der Waals surface area contributed by atoms with Gasteiger partial charge in [0, 0.05) is 38.8 Å². The van der Waals surface area contributed by atoms with E-state index in [2.05, 4.69) is 149 Å². The molecule has 0 N–H and O–H groups in total. The molecule has 4 nitrogen and oxygen atoms in total. The largest absolute Gasteiger partial charge is 0.309 e. The number of pyridine rings is 1. The maximum atomic E-state index is 5.32. The summed E-state index contributed by atoms with van der Waals surface area (Å²) < 4.78 is 4.75. The van der Waals surface area contributed by atoms with E-state index in [0.717, 1.165) is 42.2 Å². The standard InChI is InChI=1S/C40H30N4/c1-3-13-27(14-4-1)31-19-11-20-32(41-31)33-21-12-24-38(42-33)44-35-23-10-8-18-30(35)40-37(44)26-25-36-39(40)29-17-7-9-22-34(29)43(36)28-15-5-2-6-16-28/h1-11,13,15-20,22-27H,12,14,21H2. The number of allylic oxidation sites excluding steroid dienone is 5. The van der Waals surface area contributed by atoms with Crippen molar-refractivity contribution in [1.82, 2.24) is 14.1 Å². The van der Waals surface area contributed by atoms with Crippen LogP contribution in [0.5, 0.6) is 0 Å². The molecule has 1 unspecified atom stereocenters. The van der Waals surface area contributed by atoms with Crippen LogP contribution in [-0.2, 0) is 0 Å². The number of benzene rings is 4. The molecule has 44 heavy (non-hydrogen) atoms. The highest BCUT2D eigenvalue weighted by Gasteiger charge is 2.22. The zero-order valence-electron chi connectivity index (χ0n) is 24.3. The molecule has 1 aliphatic heterocycles. The fraction of sp³-hybridized carbons (Fsp3) is 0.100. The van der Waals surface area contributed by atoms with Gasteiger partial charge in [-0.1, -0.05) is 85.0 Å². The zero-order valence-corrected chi connectivity index (χ0v) is 24.3. The summed E-state index contributed by atoms with van der Waals surface area (Å²) in [5, 5.41) is 5.05. The quantitative estimate of drug-likeness (QED) is 0.209. The van der Waals surface area contributed by atoms with E-state index < -0.39 is 0 Å². The molecule has 9 rings (SSSR count). The Bertz CT molecular complexity index is 2360. The van der Waals surface area contributed by atoms with Crippen molar-refractivity contribution in [2.75, 3.05) is 0 Å². The lowest BCUT2D eigenvalue weighted by Crippen LogP contribution is -2.11. The lowest BCUT2D eigenvalue weighted by Gasteiger charge is -2.17. The van der Waals surface area contributed by atoms with Gasteiger partial charge in [-0.3, -0.25) is 9.55 Å². The number of aromatic nitrogens is 3. The van der Waals surface area contributed by atoms with Crippen LogP contribution in [-0.4, -0.2) is 19.8 Å². The molecule has 210 valence electrons. The Morgan fingerprint density at radius 1 is 0.614 bits per heavy atom. The SMILES string of the molecule is C1=CCC(c2cccc(C3=NC(n4c5ccccc5c5c6c7ccccc7n(-c7ccccc7)c6ccc54)=CCC3)n2)C=C1. The normalized spacial score (nSPS) is 16.7. The molecule has 4 aromatic carbocycles. The molecular weight excluding hydrogens is 536 g/mol. The van der Waals surface area contributed by atoms with Crippen molar-refractivity contribution < 1.29 is 0 Å². The number of hydrogen-bond acceptors (Lipinski definition) is 2. The number of hydrogen-bond donors (Lipinski definition) is 0. The monoisotopic (exact) mass is 566 g/mol. The van der Waals surface area contributed by atoms with E-state index in [1.54, 1.807) is 0 Å². The van der Waals surface area contributed by atoms with E-state index in [4.69, 9.17) is 9.98 Å². The Hall–Kier alpha value is -5.48. The van der Waals surface area contributed by atoms with Gasteiger partial charge in [0.1, 0.15) is 5.82 Å². The van der Waals surface area contributed by atoms with Crippen LogP contribution in [0.4, 0.5) is 0 Å². The fourth-order valence-electron chi connectivity index (χ4n) is 7.14. The van der Waals surface area contributed by atoms with Gasteiger partial charge in [-0.15, -0.1) is 0 Å². The van der Waals surface area contributed by atoms with Gasteiger partial charge in [0.2, 0.25) is 0 Å². The van der Waals surface area contributed by atoms with Gasteiger partial charge in [0.05, 0.1) is 33.5 Å². The highest BCUT2D eigenvalue weighted by molar-refractivity contribution is 6.29. The predicted octanol–water partition coefficient (Wildman–Crippen LogP) is 9.97. The summed E-state index contributed by atoms with van der Waals surface area (Å²) >= 11 is 0. The molecule has 4 heterocycles. The summed E-state index contributed by atoms with van der Waals surface area (Å²) in [6.07, 6.45) is 13.8. The summed E-state index contributed by atoms with van der Waals surface area (Å²) in [7, 11) is 0. The molecule has 4 heteroatoms. The molecule has 1 aliphatic carbocycles. The third kappa shape index (κ3) is 3.84. The zero-order chi connectivity index (χ0) is 29.0. The third-order valence-corrected chi connectivity index (χ3v) is 9.10. The molecule has 0 saturated heterocycles. The highest BCUT2D eigenvalue weighted by atomic mass is 15.1. The number of nitrogens with zero attached hydrogens (tertiary/aromatic N) is 4. The molecule has 2 aliphatic rings. The molecule has 0 bridgehead atoms. The minimum Gasteiger partial charge on any atom is -0.309 e. The van der Waals surface area contributed by atoms with Crippen molar-refractivity contribution in [3.63, 3.8) is 0 Å². The fourth-order valence-corrected chi connectivity index (χ4v) is 7.14. The summed E-state index contributed by atoms with van der Waals surface area (Å²) in [4.78, 5) is 10.4. The second kappa shape index (κ2) is 10.1. The summed E-state index contributed by atoms with van der Waals surface area (Å²) in [5.41, 5.74) is 9.07. The topological polar surface area (TPSA) is 35.1 Å². The first kappa shape index (κ1) is 25.1. The van der Waals surface area contributed by atoms with Gasteiger partial charge >= 0.3 is 0 Å². The van der Waals surface area contributed by atoms with E-state index >= 15 is 0 Å². The molecule has 0 spiro atoms. The predicted molar refractivity (Wildman–Crippen MR) is 184 cm³/mol. The van der Waals surface area contributed by atoms with Gasteiger partial charge in [0.15, 0.2) is 0 Å². The number of fused-ring (bicyclic) bond motifs is 7. The van der Waals surface area contributed by atoms with Gasteiger partial charge in [-0.25, -0.2) is 4.99 Å². The smallest absolute Gasteiger partial charge is 0.133 e.